The first-order chi connectivity index (χ1) is 10.1. The molecule has 2 fully saturated rings. The van der Waals surface area contributed by atoms with E-state index in [1.54, 1.807) is 0 Å². The molecule has 2 saturated heterocycles. The summed E-state index contributed by atoms with van der Waals surface area (Å²) < 4.78 is 5.16. The van der Waals surface area contributed by atoms with Crippen LogP contribution in [-0.4, -0.2) is 53.1 Å². The molecule has 1 aromatic heterocycles. The summed E-state index contributed by atoms with van der Waals surface area (Å²) in [5, 5.41) is 3.94. The van der Waals surface area contributed by atoms with E-state index in [1.165, 1.54) is 25.9 Å². The summed E-state index contributed by atoms with van der Waals surface area (Å²) in [4.78, 5) is 17.2. The summed E-state index contributed by atoms with van der Waals surface area (Å²) in [6.07, 6.45) is 5.31. The van der Waals surface area contributed by atoms with Crippen LogP contribution in [0.4, 0.5) is 0 Å². The van der Waals surface area contributed by atoms with Gasteiger partial charge in [0.2, 0.25) is 5.91 Å². The van der Waals surface area contributed by atoms with Gasteiger partial charge in [0, 0.05) is 24.7 Å². The zero-order valence-corrected chi connectivity index (χ0v) is 13.1. The molecule has 0 aliphatic carbocycles. The molecule has 3 heterocycles. The number of carbonyl (C=O) groups is 1. The standard InChI is InChI=1S/C16H25N3O2/c1-12-15(13(2)21-17-12)10-16(20)19-9-5-6-14(19)11-18-7-3-4-8-18/h14H,3-11H2,1-2H3/t14-/m0/s1. The Bertz CT molecular complexity index is 486. The lowest BCUT2D eigenvalue weighted by Gasteiger charge is -2.28. The zero-order valence-electron chi connectivity index (χ0n) is 13.1. The van der Waals surface area contributed by atoms with Gasteiger partial charge in [-0.2, -0.15) is 0 Å². The largest absolute Gasteiger partial charge is 0.361 e. The van der Waals surface area contributed by atoms with Crippen LogP contribution in [-0.2, 0) is 11.2 Å². The maximum absolute atomic E-state index is 12.6. The van der Waals surface area contributed by atoms with Crippen molar-refractivity contribution < 1.29 is 9.32 Å². The van der Waals surface area contributed by atoms with Crippen LogP contribution in [0.15, 0.2) is 4.52 Å². The van der Waals surface area contributed by atoms with E-state index in [0.29, 0.717) is 12.5 Å². The van der Waals surface area contributed by atoms with E-state index >= 15 is 0 Å². The molecule has 0 unspecified atom stereocenters. The summed E-state index contributed by atoms with van der Waals surface area (Å²) in [6, 6.07) is 0.399. The van der Waals surface area contributed by atoms with Crippen molar-refractivity contribution in [2.24, 2.45) is 0 Å². The fraction of sp³-hybridized carbons (Fsp3) is 0.750. The quantitative estimate of drug-likeness (QED) is 0.850. The van der Waals surface area contributed by atoms with Crippen molar-refractivity contribution in [2.75, 3.05) is 26.2 Å². The van der Waals surface area contributed by atoms with Crippen LogP contribution < -0.4 is 0 Å². The average molecular weight is 291 g/mol. The van der Waals surface area contributed by atoms with E-state index in [-0.39, 0.29) is 5.91 Å². The minimum absolute atomic E-state index is 0.228. The molecule has 0 radical (unpaired) electrons. The highest BCUT2D eigenvalue weighted by atomic mass is 16.5. The Balaban J connectivity index is 1.62. The molecule has 21 heavy (non-hydrogen) atoms. The molecular weight excluding hydrogens is 266 g/mol. The highest BCUT2D eigenvalue weighted by Crippen LogP contribution is 2.22. The van der Waals surface area contributed by atoms with Crippen LogP contribution in [0.1, 0.15) is 42.7 Å². The number of amides is 1. The zero-order chi connectivity index (χ0) is 14.8. The van der Waals surface area contributed by atoms with E-state index in [9.17, 15) is 4.79 Å². The Kier molecular flexibility index (Phi) is 4.29. The molecule has 1 aromatic rings. The van der Waals surface area contributed by atoms with Crippen molar-refractivity contribution in [1.29, 1.82) is 0 Å². The number of aryl methyl sites for hydroxylation is 2. The average Bonchev–Trinajstić information content (AvgIpc) is 3.18. The van der Waals surface area contributed by atoms with E-state index in [4.69, 9.17) is 4.52 Å². The number of aromatic nitrogens is 1. The Labute approximate surface area is 126 Å². The third-order valence-corrected chi connectivity index (χ3v) is 4.87. The van der Waals surface area contributed by atoms with Gasteiger partial charge in [-0.3, -0.25) is 4.79 Å². The number of hydrogen-bond donors (Lipinski definition) is 0. The normalized spacial score (nSPS) is 23.1. The maximum Gasteiger partial charge on any atom is 0.227 e. The van der Waals surface area contributed by atoms with Crippen LogP contribution in [0.25, 0.3) is 0 Å². The predicted octanol–water partition coefficient (Wildman–Crippen LogP) is 1.92. The van der Waals surface area contributed by atoms with Crippen LogP contribution in [0.3, 0.4) is 0 Å². The molecule has 2 aliphatic rings. The first-order valence-electron chi connectivity index (χ1n) is 8.08. The van der Waals surface area contributed by atoms with Crippen LogP contribution >= 0.6 is 0 Å². The molecular formula is C16H25N3O2. The Morgan fingerprint density at radius 1 is 1.24 bits per heavy atom. The minimum Gasteiger partial charge on any atom is -0.361 e. The number of likely N-dealkylation sites (tertiary alicyclic amines) is 2. The van der Waals surface area contributed by atoms with Gasteiger partial charge in [-0.25, -0.2) is 0 Å². The molecule has 0 saturated carbocycles. The first-order valence-corrected chi connectivity index (χ1v) is 8.08. The van der Waals surface area contributed by atoms with Gasteiger partial charge in [0.1, 0.15) is 5.76 Å². The highest BCUT2D eigenvalue weighted by molar-refractivity contribution is 5.79. The van der Waals surface area contributed by atoms with Gasteiger partial charge >= 0.3 is 0 Å². The van der Waals surface area contributed by atoms with Crippen molar-refractivity contribution in [3.8, 4) is 0 Å². The monoisotopic (exact) mass is 291 g/mol. The van der Waals surface area contributed by atoms with Crippen molar-refractivity contribution in [1.82, 2.24) is 15.0 Å². The summed E-state index contributed by atoms with van der Waals surface area (Å²) in [5.74, 6) is 1.00. The molecule has 2 aliphatic heterocycles. The Hall–Kier alpha value is -1.36. The van der Waals surface area contributed by atoms with Crippen molar-refractivity contribution in [3.05, 3.63) is 17.0 Å². The molecule has 0 bridgehead atoms. The molecule has 5 nitrogen and oxygen atoms in total. The fourth-order valence-corrected chi connectivity index (χ4v) is 3.62. The van der Waals surface area contributed by atoms with E-state index in [0.717, 1.165) is 42.9 Å². The van der Waals surface area contributed by atoms with Gasteiger partial charge in [-0.1, -0.05) is 5.16 Å². The molecule has 0 spiro atoms. The van der Waals surface area contributed by atoms with Gasteiger partial charge in [-0.05, 0) is 52.6 Å². The second kappa shape index (κ2) is 6.18. The molecule has 0 aromatic carbocycles. The Morgan fingerprint density at radius 3 is 2.67 bits per heavy atom. The summed E-state index contributed by atoms with van der Waals surface area (Å²) in [7, 11) is 0. The second-order valence-electron chi connectivity index (χ2n) is 6.37. The van der Waals surface area contributed by atoms with E-state index in [2.05, 4.69) is 15.0 Å². The summed E-state index contributed by atoms with van der Waals surface area (Å²) in [6.45, 7) is 8.14. The Morgan fingerprint density at radius 2 is 2.00 bits per heavy atom. The van der Waals surface area contributed by atoms with Gasteiger partial charge < -0.3 is 14.3 Å². The molecule has 3 rings (SSSR count). The predicted molar refractivity (Wildman–Crippen MR) is 80.1 cm³/mol. The lowest BCUT2D eigenvalue weighted by Crippen LogP contribution is -2.43. The first kappa shape index (κ1) is 14.6. The third kappa shape index (κ3) is 3.12. The number of rotatable bonds is 4. The van der Waals surface area contributed by atoms with Crippen molar-refractivity contribution in [3.63, 3.8) is 0 Å². The molecule has 1 amide bonds. The van der Waals surface area contributed by atoms with Crippen molar-refractivity contribution >= 4 is 5.91 Å². The minimum atomic E-state index is 0.228. The second-order valence-corrected chi connectivity index (χ2v) is 6.37. The van der Waals surface area contributed by atoms with Crippen LogP contribution in [0.2, 0.25) is 0 Å². The van der Waals surface area contributed by atoms with Gasteiger partial charge in [-0.15, -0.1) is 0 Å². The topological polar surface area (TPSA) is 49.6 Å². The lowest BCUT2D eigenvalue weighted by molar-refractivity contribution is -0.131. The van der Waals surface area contributed by atoms with Crippen LogP contribution in [0, 0.1) is 13.8 Å². The number of carbonyl (C=O) groups excluding carboxylic acids is 1. The summed E-state index contributed by atoms with van der Waals surface area (Å²) >= 11 is 0. The number of nitrogens with zero attached hydrogens (tertiary/aromatic N) is 3. The van der Waals surface area contributed by atoms with Gasteiger partial charge in [0.05, 0.1) is 12.1 Å². The highest BCUT2D eigenvalue weighted by Gasteiger charge is 2.31. The molecule has 0 N–H and O–H groups in total. The van der Waals surface area contributed by atoms with Gasteiger partial charge in [0.25, 0.3) is 0 Å². The van der Waals surface area contributed by atoms with E-state index in [1.807, 2.05) is 13.8 Å². The smallest absolute Gasteiger partial charge is 0.227 e. The molecule has 1 atom stereocenters. The fourth-order valence-electron chi connectivity index (χ4n) is 3.62. The third-order valence-electron chi connectivity index (χ3n) is 4.87. The number of hydrogen-bond acceptors (Lipinski definition) is 4. The molecule has 5 heteroatoms. The summed E-state index contributed by atoms with van der Waals surface area (Å²) in [5.41, 5.74) is 1.81. The SMILES string of the molecule is Cc1noc(C)c1CC(=O)N1CCC[C@H]1CN1CCCC1. The van der Waals surface area contributed by atoms with Crippen molar-refractivity contribution in [2.45, 2.75) is 52.0 Å². The molecule has 116 valence electrons. The van der Waals surface area contributed by atoms with E-state index < -0.39 is 0 Å². The lowest BCUT2D eigenvalue weighted by atomic mass is 10.1. The van der Waals surface area contributed by atoms with Crippen LogP contribution in [0.5, 0.6) is 0 Å². The van der Waals surface area contributed by atoms with Gasteiger partial charge in [0.15, 0.2) is 0 Å². The maximum atomic E-state index is 12.6.